The molecule has 0 amide bonds. The SMILES string of the molecule is NC(=S)c1ccc(OCCCOCc2ccco2)cc1. The fourth-order valence-electron chi connectivity index (χ4n) is 1.63. The zero-order valence-electron chi connectivity index (χ0n) is 11.1. The van der Waals surface area contributed by atoms with Gasteiger partial charge in [-0.25, -0.2) is 0 Å². The van der Waals surface area contributed by atoms with Crippen LogP contribution < -0.4 is 10.5 Å². The van der Waals surface area contributed by atoms with Crippen LogP contribution in [0.25, 0.3) is 0 Å². The van der Waals surface area contributed by atoms with E-state index >= 15 is 0 Å². The fourth-order valence-corrected chi connectivity index (χ4v) is 1.77. The van der Waals surface area contributed by atoms with Gasteiger partial charge in [0.05, 0.1) is 19.5 Å². The van der Waals surface area contributed by atoms with Gasteiger partial charge in [0, 0.05) is 12.0 Å². The molecule has 106 valence electrons. The van der Waals surface area contributed by atoms with Crippen molar-refractivity contribution in [1.29, 1.82) is 0 Å². The van der Waals surface area contributed by atoms with Gasteiger partial charge in [0.2, 0.25) is 0 Å². The molecule has 1 heterocycles. The van der Waals surface area contributed by atoms with Gasteiger partial charge in [-0.3, -0.25) is 0 Å². The predicted molar refractivity (Wildman–Crippen MR) is 80.8 cm³/mol. The highest BCUT2D eigenvalue weighted by Crippen LogP contribution is 2.12. The summed E-state index contributed by atoms with van der Waals surface area (Å²) in [5, 5.41) is 0. The van der Waals surface area contributed by atoms with Gasteiger partial charge in [-0.2, -0.15) is 0 Å². The van der Waals surface area contributed by atoms with Gasteiger partial charge >= 0.3 is 0 Å². The number of hydrogen-bond donors (Lipinski definition) is 1. The molecule has 0 atom stereocenters. The number of thiocarbonyl (C=S) groups is 1. The topological polar surface area (TPSA) is 57.6 Å². The Kier molecular flexibility index (Phi) is 5.58. The summed E-state index contributed by atoms with van der Waals surface area (Å²) in [7, 11) is 0. The average Bonchev–Trinajstić information content (AvgIpc) is 2.96. The van der Waals surface area contributed by atoms with Gasteiger partial charge in [-0.15, -0.1) is 0 Å². The number of furan rings is 1. The smallest absolute Gasteiger partial charge is 0.129 e. The first-order valence-electron chi connectivity index (χ1n) is 6.38. The molecule has 0 spiro atoms. The molecule has 2 aromatic rings. The first kappa shape index (κ1) is 14.6. The zero-order chi connectivity index (χ0) is 14.2. The monoisotopic (exact) mass is 291 g/mol. The molecule has 0 radical (unpaired) electrons. The number of rotatable bonds is 8. The van der Waals surface area contributed by atoms with Gasteiger partial charge in [0.25, 0.3) is 0 Å². The van der Waals surface area contributed by atoms with E-state index in [0.29, 0.717) is 24.8 Å². The van der Waals surface area contributed by atoms with Crippen LogP contribution in [-0.4, -0.2) is 18.2 Å². The zero-order valence-corrected chi connectivity index (χ0v) is 11.9. The Morgan fingerprint density at radius 3 is 2.60 bits per heavy atom. The van der Waals surface area contributed by atoms with E-state index in [-0.39, 0.29) is 0 Å². The normalized spacial score (nSPS) is 10.4. The highest BCUT2D eigenvalue weighted by molar-refractivity contribution is 7.80. The molecule has 1 aromatic carbocycles. The summed E-state index contributed by atoms with van der Waals surface area (Å²) in [5.74, 6) is 1.63. The van der Waals surface area contributed by atoms with Gasteiger partial charge < -0.3 is 19.6 Å². The summed E-state index contributed by atoms with van der Waals surface area (Å²) >= 11 is 4.89. The molecule has 5 heteroatoms. The average molecular weight is 291 g/mol. The maximum Gasteiger partial charge on any atom is 0.129 e. The van der Waals surface area contributed by atoms with Gasteiger partial charge in [-0.1, -0.05) is 12.2 Å². The van der Waals surface area contributed by atoms with E-state index in [1.807, 2.05) is 36.4 Å². The first-order valence-corrected chi connectivity index (χ1v) is 6.79. The molecule has 2 rings (SSSR count). The summed E-state index contributed by atoms with van der Waals surface area (Å²) in [6.45, 7) is 1.73. The Balaban J connectivity index is 1.59. The van der Waals surface area contributed by atoms with Crippen LogP contribution in [0.15, 0.2) is 47.1 Å². The van der Waals surface area contributed by atoms with E-state index in [1.165, 1.54) is 0 Å². The summed E-state index contributed by atoms with van der Waals surface area (Å²) < 4.78 is 16.2. The van der Waals surface area contributed by atoms with Crippen molar-refractivity contribution in [3.63, 3.8) is 0 Å². The Bertz CT molecular complexity index is 523. The lowest BCUT2D eigenvalue weighted by atomic mass is 10.2. The number of nitrogens with two attached hydrogens (primary N) is 1. The van der Waals surface area contributed by atoms with Crippen LogP contribution >= 0.6 is 12.2 Å². The second-order valence-electron chi connectivity index (χ2n) is 4.22. The lowest BCUT2D eigenvalue weighted by Gasteiger charge is -2.07. The van der Waals surface area contributed by atoms with Crippen LogP contribution in [0.2, 0.25) is 0 Å². The van der Waals surface area contributed by atoms with Crippen LogP contribution in [0.3, 0.4) is 0 Å². The molecule has 0 aliphatic carbocycles. The molecule has 0 aliphatic rings. The molecular weight excluding hydrogens is 274 g/mol. The number of benzene rings is 1. The fraction of sp³-hybridized carbons (Fsp3) is 0.267. The highest BCUT2D eigenvalue weighted by atomic mass is 32.1. The Labute approximate surface area is 123 Å². The molecule has 0 saturated carbocycles. The minimum Gasteiger partial charge on any atom is -0.494 e. The van der Waals surface area contributed by atoms with E-state index in [2.05, 4.69) is 0 Å². The largest absolute Gasteiger partial charge is 0.494 e. The molecule has 0 fully saturated rings. The van der Waals surface area contributed by atoms with E-state index in [9.17, 15) is 0 Å². The van der Waals surface area contributed by atoms with Crippen molar-refractivity contribution in [2.45, 2.75) is 13.0 Å². The minimum absolute atomic E-state index is 0.392. The van der Waals surface area contributed by atoms with Crippen LogP contribution in [-0.2, 0) is 11.3 Å². The van der Waals surface area contributed by atoms with Crippen molar-refractivity contribution in [2.75, 3.05) is 13.2 Å². The van der Waals surface area contributed by atoms with Gasteiger partial charge in [0.15, 0.2) is 0 Å². The molecule has 0 bridgehead atoms. The third-order valence-electron chi connectivity index (χ3n) is 2.66. The Hall–Kier alpha value is -1.85. The number of hydrogen-bond acceptors (Lipinski definition) is 4. The van der Waals surface area contributed by atoms with E-state index in [0.717, 1.165) is 23.5 Å². The quantitative estimate of drug-likeness (QED) is 0.598. The van der Waals surface area contributed by atoms with Gasteiger partial charge in [0.1, 0.15) is 23.1 Å². The molecule has 4 nitrogen and oxygen atoms in total. The molecule has 2 N–H and O–H groups in total. The molecule has 0 unspecified atom stereocenters. The van der Waals surface area contributed by atoms with Crippen molar-refractivity contribution < 1.29 is 13.9 Å². The van der Waals surface area contributed by atoms with Crippen molar-refractivity contribution in [3.8, 4) is 5.75 Å². The van der Waals surface area contributed by atoms with Crippen molar-refractivity contribution in [2.24, 2.45) is 5.73 Å². The lowest BCUT2D eigenvalue weighted by Crippen LogP contribution is -2.09. The van der Waals surface area contributed by atoms with Crippen molar-refractivity contribution in [3.05, 3.63) is 54.0 Å². The number of ether oxygens (including phenoxy) is 2. The molecule has 20 heavy (non-hydrogen) atoms. The summed E-state index contributed by atoms with van der Waals surface area (Å²) in [6, 6.07) is 11.2. The third kappa shape index (κ3) is 4.68. The highest BCUT2D eigenvalue weighted by Gasteiger charge is 1.98. The van der Waals surface area contributed by atoms with Crippen LogP contribution in [0.4, 0.5) is 0 Å². The summed E-state index contributed by atoms with van der Waals surface area (Å²) in [4.78, 5) is 0.392. The standard InChI is InChI=1S/C15H17NO3S/c16-15(20)12-4-6-13(7-5-12)18-10-2-8-17-11-14-3-1-9-19-14/h1,3-7,9H,2,8,10-11H2,(H2,16,20). The summed E-state index contributed by atoms with van der Waals surface area (Å²) in [5.41, 5.74) is 6.37. The Morgan fingerprint density at radius 1 is 1.15 bits per heavy atom. The predicted octanol–water partition coefficient (Wildman–Crippen LogP) is 2.90. The maximum absolute atomic E-state index is 5.59. The van der Waals surface area contributed by atoms with Crippen LogP contribution in [0.1, 0.15) is 17.7 Å². The third-order valence-corrected chi connectivity index (χ3v) is 2.90. The first-order chi connectivity index (χ1) is 9.75. The van der Waals surface area contributed by atoms with E-state index < -0.39 is 0 Å². The molecule has 0 aliphatic heterocycles. The molecule has 0 saturated heterocycles. The molecule has 1 aromatic heterocycles. The summed E-state index contributed by atoms with van der Waals surface area (Å²) in [6.07, 6.45) is 2.45. The van der Waals surface area contributed by atoms with Gasteiger partial charge in [-0.05, 0) is 36.4 Å². The molecular formula is C15H17NO3S. The van der Waals surface area contributed by atoms with Crippen molar-refractivity contribution >= 4 is 17.2 Å². The second-order valence-corrected chi connectivity index (χ2v) is 4.66. The second kappa shape index (κ2) is 7.67. The van der Waals surface area contributed by atoms with E-state index in [4.69, 9.17) is 31.8 Å². The Morgan fingerprint density at radius 2 is 1.95 bits per heavy atom. The van der Waals surface area contributed by atoms with Crippen molar-refractivity contribution in [1.82, 2.24) is 0 Å². The lowest BCUT2D eigenvalue weighted by molar-refractivity contribution is 0.0944. The minimum atomic E-state index is 0.392. The van der Waals surface area contributed by atoms with E-state index in [1.54, 1.807) is 6.26 Å². The maximum atomic E-state index is 5.59. The van der Waals surface area contributed by atoms with Crippen LogP contribution in [0, 0.1) is 0 Å². The van der Waals surface area contributed by atoms with Crippen LogP contribution in [0.5, 0.6) is 5.75 Å².